The highest BCUT2D eigenvalue weighted by molar-refractivity contribution is 7.13. The van der Waals surface area contributed by atoms with Gasteiger partial charge in [-0.1, -0.05) is 24.3 Å². The van der Waals surface area contributed by atoms with E-state index in [4.69, 9.17) is 0 Å². The second-order valence-electron chi connectivity index (χ2n) is 6.58. The van der Waals surface area contributed by atoms with Crippen molar-refractivity contribution in [3.05, 3.63) is 59.1 Å². The normalized spacial score (nSPS) is 14.7. The van der Waals surface area contributed by atoms with Crippen molar-refractivity contribution < 1.29 is 4.79 Å². The number of piperazine rings is 1. The lowest BCUT2D eigenvalue weighted by Crippen LogP contribution is -2.49. The van der Waals surface area contributed by atoms with Gasteiger partial charge in [-0.25, -0.2) is 0 Å². The van der Waals surface area contributed by atoms with Crippen LogP contribution in [0.2, 0.25) is 0 Å². The molecule has 1 aliphatic rings. The molecule has 26 heavy (non-hydrogen) atoms. The molecule has 4 rings (SSSR count). The number of hydrogen-bond acceptors (Lipinski definition) is 4. The minimum atomic E-state index is 0.0623. The summed E-state index contributed by atoms with van der Waals surface area (Å²) in [6.45, 7) is 5.30. The van der Waals surface area contributed by atoms with E-state index >= 15 is 0 Å². The molecular formula is C20H22N4OS. The third-order valence-corrected chi connectivity index (χ3v) is 5.79. The molecule has 1 amide bonds. The van der Waals surface area contributed by atoms with Crippen LogP contribution in [0.1, 0.15) is 16.1 Å². The molecule has 1 fully saturated rings. The lowest BCUT2D eigenvalue weighted by Gasteiger charge is -2.36. The molecule has 5 nitrogen and oxygen atoms in total. The van der Waals surface area contributed by atoms with Crippen LogP contribution in [-0.4, -0.2) is 46.8 Å². The maximum Gasteiger partial charge on any atom is 0.272 e. The summed E-state index contributed by atoms with van der Waals surface area (Å²) in [4.78, 5) is 18.3. The van der Waals surface area contributed by atoms with Gasteiger partial charge in [-0.05, 0) is 36.1 Å². The van der Waals surface area contributed by atoms with E-state index in [0.717, 1.165) is 36.8 Å². The van der Waals surface area contributed by atoms with Gasteiger partial charge in [-0.2, -0.15) is 5.10 Å². The first-order valence-electron chi connectivity index (χ1n) is 8.81. The number of aryl methyl sites for hydroxylation is 2. The number of rotatable bonds is 3. The number of nitrogens with zero attached hydrogens (tertiary/aromatic N) is 4. The van der Waals surface area contributed by atoms with Crippen molar-refractivity contribution >= 4 is 22.9 Å². The summed E-state index contributed by atoms with van der Waals surface area (Å²) in [5.74, 6) is 0.0623. The summed E-state index contributed by atoms with van der Waals surface area (Å²) in [7, 11) is 1.84. The van der Waals surface area contributed by atoms with Crippen LogP contribution in [0.5, 0.6) is 0 Å². The predicted molar refractivity (Wildman–Crippen MR) is 106 cm³/mol. The number of aromatic nitrogens is 2. The van der Waals surface area contributed by atoms with Crippen molar-refractivity contribution in [2.75, 3.05) is 31.1 Å². The van der Waals surface area contributed by atoms with Gasteiger partial charge in [-0.15, -0.1) is 11.3 Å². The standard InChI is InChI=1S/C20H22N4OS/c1-15-6-3-4-7-17(15)23-9-11-24(12-10-23)20(25)18-14-16(21-22(18)2)19-8-5-13-26-19/h3-8,13-14H,9-12H2,1-2H3. The highest BCUT2D eigenvalue weighted by Gasteiger charge is 2.25. The molecule has 0 unspecified atom stereocenters. The second kappa shape index (κ2) is 6.96. The monoisotopic (exact) mass is 366 g/mol. The van der Waals surface area contributed by atoms with E-state index in [0.29, 0.717) is 5.69 Å². The molecule has 1 aliphatic heterocycles. The summed E-state index contributed by atoms with van der Waals surface area (Å²) >= 11 is 1.64. The Balaban J connectivity index is 1.47. The smallest absolute Gasteiger partial charge is 0.272 e. The maximum atomic E-state index is 13.0. The fourth-order valence-corrected chi connectivity index (χ4v) is 4.12. The van der Waals surface area contributed by atoms with Crippen molar-refractivity contribution in [1.82, 2.24) is 14.7 Å². The Morgan fingerprint density at radius 2 is 1.85 bits per heavy atom. The Morgan fingerprint density at radius 1 is 1.08 bits per heavy atom. The van der Waals surface area contributed by atoms with Crippen molar-refractivity contribution in [3.8, 4) is 10.6 Å². The third kappa shape index (κ3) is 3.12. The molecule has 2 aromatic heterocycles. The van der Waals surface area contributed by atoms with E-state index in [2.05, 4.69) is 41.2 Å². The zero-order valence-corrected chi connectivity index (χ0v) is 15.9. The van der Waals surface area contributed by atoms with Crippen molar-refractivity contribution in [2.24, 2.45) is 7.05 Å². The van der Waals surface area contributed by atoms with Crippen molar-refractivity contribution in [3.63, 3.8) is 0 Å². The maximum absolute atomic E-state index is 13.0. The molecule has 1 aromatic carbocycles. The van der Waals surface area contributed by atoms with Gasteiger partial charge in [0.2, 0.25) is 0 Å². The number of carbonyl (C=O) groups is 1. The lowest BCUT2D eigenvalue weighted by atomic mass is 10.1. The van der Waals surface area contributed by atoms with Gasteiger partial charge in [0.25, 0.3) is 5.91 Å². The van der Waals surface area contributed by atoms with Crippen LogP contribution in [0.3, 0.4) is 0 Å². The summed E-state index contributed by atoms with van der Waals surface area (Å²) in [6.07, 6.45) is 0. The number of hydrogen-bond donors (Lipinski definition) is 0. The number of benzene rings is 1. The van der Waals surface area contributed by atoms with Gasteiger partial charge in [0.05, 0.1) is 4.88 Å². The Labute approximate surface area is 157 Å². The molecule has 3 aromatic rings. The predicted octanol–water partition coefficient (Wildman–Crippen LogP) is 3.42. The van der Waals surface area contributed by atoms with Gasteiger partial charge < -0.3 is 9.80 Å². The summed E-state index contributed by atoms with van der Waals surface area (Å²) in [5.41, 5.74) is 4.06. The Kier molecular flexibility index (Phi) is 4.51. The van der Waals surface area contributed by atoms with Crippen molar-refractivity contribution in [2.45, 2.75) is 6.92 Å². The van der Waals surface area contributed by atoms with E-state index in [1.807, 2.05) is 35.5 Å². The number of para-hydroxylation sites is 1. The number of amides is 1. The van der Waals surface area contributed by atoms with E-state index < -0.39 is 0 Å². The number of carbonyl (C=O) groups excluding carboxylic acids is 1. The molecular weight excluding hydrogens is 344 g/mol. The molecule has 0 bridgehead atoms. The molecule has 1 saturated heterocycles. The average Bonchev–Trinajstić information content (AvgIpc) is 3.31. The first-order valence-corrected chi connectivity index (χ1v) is 9.69. The second-order valence-corrected chi connectivity index (χ2v) is 7.53. The first kappa shape index (κ1) is 16.8. The van der Waals surface area contributed by atoms with Crippen LogP contribution in [0, 0.1) is 6.92 Å². The molecule has 3 heterocycles. The van der Waals surface area contributed by atoms with Gasteiger partial charge >= 0.3 is 0 Å². The summed E-state index contributed by atoms with van der Waals surface area (Å²) < 4.78 is 1.70. The van der Waals surface area contributed by atoms with Crippen LogP contribution in [0.4, 0.5) is 5.69 Å². The fourth-order valence-electron chi connectivity index (χ4n) is 3.44. The quantitative estimate of drug-likeness (QED) is 0.713. The Bertz CT molecular complexity index is 908. The Hall–Kier alpha value is -2.60. The highest BCUT2D eigenvalue weighted by Crippen LogP contribution is 2.25. The topological polar surface area (TPSA) is 41.4 Å². The van der Waals surface area contributed by atoms with Crippen LogP contribution in [0.15, 0.2) is 47.8 Å². The van der Waals surface area contributed by atoms with Crippen molar-refractivity contribution in [1.29, 1.82) is 0 Å². The summed E-state index contributed by atoms with van der Waals surface area (Å²) in [5, 5.41) is 6.54. The van der Waals surface area contributed by atoms with Gasteiger partial charge in [-0.3, -0.25) is 9.48 Å². The van der Waals surface area contributed by atoms with Crippen LogP contribution in [-0.2, 0) is 7.05 Å². The zero-order valence-electron chi connectivity index (χ0n) is 15.1. The largest absolute Gasteiger partial charge is 0.368 e. The molecule has 134 valence electrons. The number of thiophene rings is 1. The van der Waals surface area contributed by atoms with E-state index in [1.165, 1.54) is 11.3 Å². The molecule has 0 N–H and O–H groups in total. The van der Waals surface area contributed by atoms with Crippen LogP contribution >= 0.6 is 11.3 Å². The molecule has 0 radical (unpaired) electrons. The highest BCUT2D eigenvalue weighted by atomic mass is 32.1. The molecule has 0 spiro atoms. The number of anilines is 1. The minimum Gasteiger partial charge on any atom is -0.368 e. The molecule has 0 aliphatic carbocycles. The van der Waals surface area contributed by atoms with Gasteiger partial charge in [0.15, 0.2) is 0 Å². The molecule has 0 atom stereocenters. The van der Waals surface area contributed by atoms with E-state index in [9.17, 15) is 4.79 Å². The van der Waals surface area contributed by atoms with Gasteiger partial charge in [0.1, 0.15) is 11.4 Å². The van der Waals surface area contributed by atoms with E-state index in [-0.39, 0.29) is 5.91 Å². The van der Waals surface area contributed by atoms with Gasteiger partial charge in [0, 0.05) is 38.9 Å². The van der Waals surface area contributed by atoms with E-state index in [1.54, 1.807) is 16.0 Å². The minimum absolute atomic E-state index is 0.0623. The van der Waals surface area contributed by atoms with Crippen LogP contribution in [0.25, 0.3) is 10.6 Å². The lowest BCUT2D eigenvalue weighted by molar-refractivity contribution is 0.0735. The average molecular weight is 366 g/mol. The summed E-state index contributed by atoms with van der Waals surface area (Å²) in [6, 6.07) is 14.4. The molecule has 6 heteroatoms. The Morgan fingerprint density at radius 3 is 2.54 bits per heavy atom. The van der Waals surface area contributed by atoms with Crippen LogP contribution < -0.4 is 4.90 Å². The zero-order chi connectivity index (χ0) is 18.1. The SMILES string of the molecule is Cc1ccccc1N1CCN(C(=O)c2cc(-c3cccs3)nn2C)CC1. The fraction of sp³-hybridized carbons (Fsp3) is 0.300. The third-order valence-electron chi connectivity index (χ3n) is 4.90. The molecule has 0 saturated carbocycles. The first-order chi connectivity index (χ1) is 12.6.